The van der Waals surface area contributed by atoms with Crippen molar-refractivity contribution in [3.05, 3.63) is 53.8 Å². The van der Waals surface area contributed by atoms with E-state index in [-0.39, 0.29) is 5.89 Å². The van der Waals surface area contributed by atoms with E-state index in [2.05, 4.69) is 22.3 Å². The normalized spacial score (nSPS) is 10.9. The third kappa shape index (κ3) is 4.39. The maximum Gasteiger partial charge on any atom is 0.328 e. The van der Waals surface area contributed by atoms with Gasteiger partial charge in [0.25, 0.3) is 0 Å². The largest absolute Gasteiger partial charge is 0.478 e. The summed E-state index contributed by atoms with van der Waals surface area (Å²) in [6.45, 7) is 0. The van der Waals surface area contributed by atoms with Gasteiger partial charge in [0.2, 0.25) is 11.8 Å². The van der Waals surface area contributed by atoms with Gasteiger partial charge in [0.05, 0.1) is 0 Å². The predicted molar refractivity (Wildman–Crippen MR) is 69.4 cm³/mol. The lowest BCUT2D eigenvalue weighted by molar-refractivity contribution is -0.131. The first-order chi connectivity index (χ1) is 9.24. The highest BCUT2D eigenvalue weighted by molar-refractivity contribution is 5.84. The van der Waals surface area contributed by atoms with Gasteiger partial charge in [-0.25, -0.2) is 4.79 Å². The van der Waals surface area contributed by atoms with Crippen molar-refractivity contribution in [2.24, 2.45) is 0 Å². The summed E-state index contributed by atoms with van der Waals surface area (Å²) in [5.41, 5.74) is 1.27. The molecule has 0 unspecified atom stereocenters. The minimum absolute atomic E-state index is 0.220. The Hall–Kier alpha value is -2.43. The number of aryl methyl sites for hydroxylation is 2. The molecule has 98 valence electrons. The molecule has 0 spiro atoms. The van der Waals surface area contributed by atoms with Gasteiger partial charge >= 0.3 is 5.97 Å². The summed E-state index contributed by atoms with van der Waals surface area (Å²) in [5, 5.41) is 16.1. The third-order valence-corrected chi connectivity index (χ3v) is 2.55. The summed E-state index contributed by atoms with van der Waals surface area (Å²) in [6, 6.07) is 10.2. The molecule has 1 heterocycles. The van der Waals surface area contributed by atoms with E-state index in [1.165, 1.54) is 11.6 Å². The van der Waals surface area contributed by atoms with Crippen molar-refractivity contribution >= 4 is 12.0 Å². The van der Waals surface area contributed by atoms with Gasteiger partial charge in [-0.15, -0.1) is 10.2 Å². The van der Waals surface area contributed by atoms with Gasteiger partial charge in [0.1, 0.15) is 0 Å². The molecule has 0 aliphatic rings. The lowest BCUT2D eigenvalue weighted by atomic mass is 10.1. The topological polar surface area (TPSA) is 76.2 Å². The summed E-state index contributed by atoms with van der Waals surface area (Å²) in [6.07, 6.45) is 4.80. The fourth-order valence-corrected chi connectivity index (χ4v) is 1.67. The van der Waals surface area contributed by atoms with Crippen LogP contribution in [0.5, 0.6) is 0 Å². The van der Waals surface area contributed by atoms with Crippen molar-refractivity contribution in [3.63, 3.8) is 0 Å². The fraction of sp³-hybridized carbons (Fsp3) is 0.214. The summed E-state index contributed by atoms with van der Waals surface area (Å²) >= 11 is 0. The molecular weight excluding hydrogens is 244 g/mol. The van der Waals surface area contributed by atoms with E-state index in [0.717, 1.165) is 18.9 Å². The predicted octanol–water partition coefficient (Wildman–Crippen LogP) is 2.34. The van der Waals surface area contributed by atoms with Crippen LogP contribution < -0.4 is 0 Å². The first-order valence-electron chi connectivity index (χ1n) is 6.01. The van der Waals surface area contributed by atoms with Crippen molar-refractivity contribution in [2.75, 3.05) is 0 Å². The Morgan fingerprint density at radius 1 is 1.21 bits per heavy atom. The van der Waals surface area contributed by atoms with Gasteiger partial charge in [0, 0.05) is 18.6 Å². The molecule has 0 atom stereocenters. The molecule has 1 aromatic heterocycles. The summed E-state index contributed by atoms with van der Waals surface area (Å²) in [7, 11) is 0. The van der Waals surface area contributed by atoms with Crippen molar-refractivity contribution in [1.29, 1.82) is 0 Å². The number of nitrogens with zero attached hydrogens (tertiary/aromatic N) is 2. The van der Waals surface area contributed by atoms with E-state index < -0.39 is 5.97 Å². The van der Waals surface area contributed by atoms with Crippen molar-refractivity contribution in [1.82, 2.24) is 10.2 Å². The van der Waals surface area contributed by atoms with Crippen LogP contribution in [0.4, 0.5) is 0 Å². The quantitative estimate of drug-likeness (QED) is 0.805. The van der Waals surface area contributed by atoms with Crippen LogP contribution in [0, 0.1) is 0 Å². The molecule has 2 aromatic rings. The summed E-state index contributed by atoms with van der Waals surface area (Å²) in [4.78, 5) is 10.3. The van der Waals surface area contributed by atoms with Gasteiger partial charge in [-0.2, -0.15) is 0 Å². The SMILES string of the molecule is O=C(O)/C=C/c1nnc(CCCc2ccccc2)o1. The number of carboxylic acids is 1. The van der Waals surface area contributed by atoms with Crippen LogP contribution in [-0.4, -0.2) is 21.3 Å². The Bertz CT molecular complexity index is 561. The van der Waals surface area contributed by atoms with E-state index >= 15 is 0 Å². The maximum atomic E-state index is 10.3. The highest BCUT2D eigenvalue weighted by Gasteiger charge is 2.03. The van der Waals surface area contributed by atoms with E-state index in [4.69, 9.17) is 9.52 Å². The monoisotopic (exact) mass is 258 g/mol. The fourth-order valence-electron chi connectivity index (χ4n) is 1.67. The van der Waals surface area contributed by atoms with Gasteiger partial charge in [-0.05, 0) is 18.4 Å². The lowest BCUT2D eigenvalue weighted by Gasteiger charge is -1.98. The minimum atomic E-state index is -1.04. The lowest BCUT2D eigenvalue weighted by Crippen LogP contribution is -1.90. The van der Waals surface area contributed by atoms with Crippen LogP contribution in [-0.2, 0) is 17.6 Å². The van der Waals surface area contributed by atoms with Crippen LogP contribution in [0.15, 0.2) is 40.8 Å². The Morgan fingerprint density at radius 2 is 2.00 bits per heavy atom. The Morgan fingerprint density at radius 3 is 2.74 bits per heavy atom. The molecule has 2 rings (SSSR count). The van der Waals surface area contributed by atoms with Crippen molar-refractivity contribution in [2.45, 2.75) is 19.3 Å². The molecule has 0 radical (unpaired) electrons. The van der Waals surface area contributed by atoms with Crippen LogP contribution in [0.25, 0.3) is 6.08 Å². The maximum absolute atomic E-state index is 10.3. The zero-order valence-corrected chi connectivity index (χ0v) is 10.3. The van der Waals surface area contributed by atoms with Gasteiger partial charge in [-0.3, -0.25) is 0 Å². The Balaban J connectivity index is 1.82. The highest BCUT2D eigenvalue weighted by atomic mass is 16.4. The van der Waals surface area contributed by atoms with Gasteiger partial charge in [-0.1, -0.05) is 30.3 Å². The van der Waals surface area contributed by atoms with Crippen LogP contribution in [0.1, 0.15) is 23.8 Å². The van der Waals surface area contributed by atoms with E-state index in [0.29, 0.717) is 12.3 Å². The molecule has 0 aliphatic carbocycles. The average molecular weight is 258 g/mol. The number of carboxylic acid groups (broad SMARTS) is 1. The standard InChI is InChI=1S/C14H14N2O3/c17-14(18)10-9-13-16-15-12(19-13)8-4-7-11-5-2-1-3-6-11/h1-3,5-6,9-10H,4,7-8H2,(H,17,18)/b10-9+. The molecule has 0 amide bonds. The molecule has 1 aromatic carbocycles. The number of hydrogen-bond donors (Lipinski definition) is 1. The number of aliphatic carboxylic acids is 1. The molecule has 5 nitrogen and oxygen atoms in total. The number of benzene rings is 1. The van der Waals surface area contributed by atoms with Crippen LogP contribution >= 0.6 is 0 Å². The molecule has 0 saturated carbocycles. The summed E-state index contributed by atoms with van der Waals surface area (Å²) in [5.74, 6) is -0.290. The molecular formula is C14H14N2O3. The Kier molecular flexibility index (Phi) is 4.44. The zero-order valence-electron chi connectivity index (χ0n) is 10.3. The molecule has 0 fully saturated rings. The molecule has 0 aliphatic heterocycles. The second-order valence-corrected chi connectivity index (χ2v) is 4.04. The molecule has 0 saturated heterocycles. The number of aromatic nitrogens is 2. The second-order valence-electron chi connectivity index (χ2n) is 4.04. The minimum Gasteiger partial charge on any atom is -0.478 e. The second kappa shape index (κ2) is 6.49. The average Bonchev–Trinajstić information content (AvgIpc) is 2.86. The molecule has 5 heteroatoms. The van der Waals surface area contributed by atoms with Crippen LogP contribution in [0.3, 0.4) is 0 Å². The van der Waals surface area contributed by atoms with E-state index in [9.17, 15) is 4.79 Å². The number of carbonyl (C=O) groups is 1. The third-order valence-electron chi connectivity index (χ3n) is 2.55. The molecule has 19 heavy (non-hydrogen) atoms. The summed E-state index contributed by atoms with van der Waals surface area (Å²) < 4.78 is 5.30. The number of rotatable bonds is 6. The zero-order chi connectivity index (χ0) is 13.5. The highest BCUT2D eigenvalue weighted by Crippen LogP contribution is 2.08. The van der Waals surface area contributed by atoms with Crippen molar-refractivity contribution < 1.29 is 14.3 Å². The molecule has 0 bridgehead atoms. The smallest absolute Gasteiger partial charge is 0.328 e. The van der Waals surface area contributed by atoms with Gasteiger partial charge in [0.15, 0.2) is 0 Å². The number of hydrogen-bond acceptors (Lipinski definition) is 4. The Labute approximate surface area is 110 Å². The molecule has 1 N–H and O–H groups in total. The van der Waals surface area contributed by atoms with E-state index in [1.807, 2.05) is 18.2 Å². The van der Waals surface area contributed by atoms with Crippen LogP contribution in [0.2, 0.25) is 0 Å². The van der Waals surface area contributed by atoms with Crippen molar-refractivity contribution in [3.8, 4) is 0 Å². The first-order valence-corrected chi connectivity index (χ1v) is 6.01. The van der Waals surface area contributed by atoms with E-state index in [1.54, 1.807) is 0 Å². The van der Waals surface area contributed by atoms with Gasteiger partial charge < -0.3 is 9.52 Å². The first kappa shape index (κ1) is 13.0.